The molecule has 0 saturated carbocycles. The van der Waals surface area contributed by atoms with Gasteiger partial charge in [0.2, 0.25) is 0 Å². The molecular weight excluding hydrogens is 209 g/mol. The fraction of sp³-hybridized carbons (Fsp3) is 0.444. The zero-order valence-electron chi connectivity index (χ0n) is 8.01. The van der Waals surface area contributed by atoms with Gasteiger partial charge in [-0.1, -0.05) is 0 Å². The van der Waals surface area contributed by atoms with E-state index in [4.69, 9.17) is 0 Å². The van der Waals surface area contributed by atoms with Crippen molar-refractivity contribution in [2.75, 3.05) is 0 Å². The molecule has 82 valence electrons. The number of ether oxygens (including phenoxy) is 1. The standard InChI is InChI=1S/C9H9F3N2O/c1-6-5-14-3-2-7(4-8(14)13-6)15-9(10,11)12/h4-5H,2-3H2,1H3. The lowest BCUT2D eigenvalue weighted by atomic mass is 10.2. The number of fused-ring (bicyclic) bond motifs is 1. The van der Waals surface area contributed by atoms with Crippen LogP contribution >= 0.6 is 0 Å². The van der Waals surface area contributed by atoms with E-state index in [1.165, 1.54) is 6.08 Å². The first-order valence-electron chi connectivity index (χ1n) is 4.44. The molecule has 0 aliphatic carbocycles. The molecule has 0 unspecified atom stereocenters. The van der Waals surface area contributed by atoms with E-state index >= 15 is 0 Å². The quantitative estimate of drug-likeness (QED) is 0.724. The van der Waals surface area contributed by atoms with Crippen LogP contribution in [-0.2, 0) is 11.3 Å². The fourth-order valence-electron chi connectivity index (χ4n) is 1.54. The molecule has 1 aromatic rings. The molecular formula is C9H9F3N2O. The van der Waals surface area contributed by atoms with Gasteiger partial charge in [-0.05, 0) is 6.92 Å². The maximum Gasteiger partial charge on any atom is 0.572 e. The summed E-state index contributed by atoms with van der Waals surface area (Å²) < 4.78 is 41.4. The van der Waals surface area contributed by atoms with Gasteiger partial charge in [-0.2, -0.15) is 0 Å². The van der Waals surface area contributed by atoms with Crippen LogP contribution in [0.5, 0.6) is 0 Å². The molecule has 6 heteroatoms. The predicted octanol–water partition coefficient (Wildman–Crippen LogP) is 2.47. The molecule has 0 bridgehead atoms. The van der Waals surface area contributed by atoms with Crippen LogP contribution in [0.15, 0.2) is 12.0 Å². The smallest absolute Gasteiger partial charge is 0.410 e. The van der Waals surface area contributed by atoms with Crippen LogP contribution < -0.4 is 0 Å². The first-order valence-corrected chi connectivity index (χ1v) is 4.44. The van der Waals surface area contributed by atoms with E-state index in [2.05, 4.69) is 9.72 Å². The number of hydrogen-bond acceptors (Lipinski definition) is 2. The Morgan fingerprint density at radius 1 is 1.47 bits per heavy atom. The molecule has 0 fully saturated rings. The maximum absolute atomic E-state index is 11.9. The molecule has 0 spiro atoms. The molecule has 1 aliphatic heterocycles. The summed E-state index contributed by atoms with van der Waals surface area (Å²) in [7, 11) is 0. The third-order valence-corrected chi connectivity index (χ3v) is 2.06. The highest BCUT2D eigenvalue weighted by Gasteiger charge is 2.32. The van der Waals surface area contributed by atoms with Gasteiger partial charge in [-0.25, -0.2) is 4.98 Å². The largest absolute Gasteiger partial charge is 0.572 e. The Balaban J connectivity index is 2.21. The summed E-state index contributed by atoms with van der Waals surface area (Å²) in [6.45, 7) is 2.27. The van der Waals surface area contributed by atoms with Crippen LogP contribution in [0.4, 0.5) is 13.2 Å². The van der Waals surface area contributed by atoms with Crippen LogP contribution in [0.1, 0.15) is 17.9 Å². The van der Waals surface area contributed by atoms with Gasteiger partial charge in [0, 0.05) is 25.2 Å². The number of halogens is 3. The fourth-order valence-corrected chi connectivity index (χ4v) is 1.54. The molecule has 1 aromatic heterocycles. The van der Waals surface area contributed by atoms with E-state index < -0.39 is 6.36 Å². The van der Waals surface area contributed by atoms with Crippen molar-refractivity contribution in [3.63, 3.8) is 0 Å². The number of rotatable bonds is 1. The first-order chi connectivity index (χ1) is 6.94. The minimum atomic E-state index is -4.62. The van der Waals surface area contributed by atoms with Gasteiger partial charge in [0.1, 0.15) is 11.6 Å². The lowest BCUT2D eigenvalue weighted by Gasteiger charge is -2.17. The van der Waals surface area contributed by atoms with Gasteiger partial charge < -0.3 is 9.30 Å². The molecule has 15 heavy (non-hydrogen) atoms. The Labute approximate surface area is 84.2 Å². The average molecular weight is 218 g/mol. The Kier molecular flexibility index (Phi) is 2.21. The van der Waals surface area contributed by atoms with Gasteiger partial charge >= 0.3 is 6.36 Å². The van der Waals surface area contributed by atoms with Crippen LogP contribution in [0.2, 0.25) is 0 Å². The molecule has 3 nitrogen and oxygen atoms in total. The number of nitrogens with zero attached hydrogens (tertiary/aromatic N) is 2. The number of imidazole rings is 1. The van der Waals surface area contributed by atoms with Crippen LogP contribution in [0.25, 0.3) is 6.08 Å². The molecule has 1 aliphatic rings. The number of aryl methyl sites for hydroxylation is 2. The third-order valence-electron chi connectivity index (χ3n) is 2.06. The van der Waals surface area contributed by atoms with E-state index in [1.807, 2.05) is 0 Å². The first kappa shape index (κ1) is 10.1. The summed E-state index contributed by atoms with van der Waals surface area (Å²) in [5.41, 5.74) is 0.787. The zero-order valence-corrected chi connectivity index (χ0v) is 8.01. The Hall–Kier alpha value is -1.46. The second kappa shape index (κ2) is 3.29. The normalized spacial score (nSPS) is 15.9. The molecule has 2 heterocycles. The van der Waals surface area contributed by atoms with E-state index in [0.717, 1.165) is 5.69 Å². The summed E-state index contributed by atoms with van der Waals surface area (Å²) >= 11 is 0. The monoisotopic (exact) mass is 218 g/mol. The molecule has 0 aromatic carbocycles. The topological polar surface area (TPSA) is 27.1 Å². The summed E-state index contributed by atoms with van der Waals surface area (Å²) in [5, 5.41) is 0. The average Bonchev–Trinajstić information content (AvgIpc) is 2.40. The van der Waals surface area contributed by atoms with Crippen molar-refractivity contribution in [2.24, 2.45) is 0 Å². The highest BCUT2D eigenvalue weighted by Crippen LogP contribution is 2.26. The summed E-state index contributed by atoms with van der Waals surface area (Å²) in [6, 6.07) is 0. The number of allylic oxidation sites excluding steroid dienone is 1. The summed E-state index contributed by atoms with van der Waals surface area (Å²) in [5.74, 6) is 0.429. The third kappa shape index (κ3) is 2.31. The van der Waals surface area contributed by atoms with Gasteiger partial charge in [0.15, 0.2) is 0 Å². The van der Waals surface area contributed by atoms with Gasteiger partial charge in [0.05, 0.1) is 5.69 Å². The van der Waals surface area contributed by atoms with Crippen molar-refractivity contribution in [3.05, 3.63) is 23.5 Å². The van der Waals surface area contributed by atoms with Gasteiger partial charge in [0.25, 0.3) is 0 Å². The summed E-state index contributed by atoms with van der Waals surface area (Å²) in [6.07, 6.45) is -1.25. The van der Waals surface area contributed by atoms with Crippen LogP contribution in [0.3, 0.4) is 0 Å². The Bertz CT molecular complexity index is 406. The summed E-state index contributed by atoms with van der Waals surface area (Å²) in [4.78, 5) is 4.07. The van der Waals surface area contributed by atoms with Crippen molar-refractivity contribution in [1.82, 2.24) is 9.55 Å². The molecule has 0 radical (unpaired) electrons. The maximum atomic E-state index is 11.9. The SMILES string of the molecule is Cc1cn2c(n1)C=C(OC(F)(F)F)CC2. The minimum absolute atomic E-state index is 0.0828. The molecule has 0 amide bonds. The second-order valence-corrected chi connectivity index (χ2v) is 3.34. The number of alkyl halides is 3. The zero-order chi connectivity index (χ0) is 11.1. The van der Waals surface area contributed by atoms with E-state index in [9.17, 15) is 13.2 Å². The minimum Gasteiger partial charge on any atom is -0.410 e. The van der Waals surface area contributed by atoms with Crippen LogP contribution in [-0.4, -0.2) is 15.9 Å². The highest BCUT2D eigenvalue weighted by atomic mass is 19.4. The number of aromatic nitrogens is 2. The van der Waals surface area contributed by atoms with Crippen molar-refractivity contribution in [2.45, 2.75) is 26.3 Å². The van der Waals surface area contributed by atoms with Gasteiger partial charge in [-0.3, -0.25) is 0 Å². The highest BCUT2D eigenvalue weighted by molar-refractivity contribution is 5.46. The van der Waals surface area contributed by atoms with Gasteiger partial charge in [-0.15, -0.1) is 13.2 Å². The molecule has 0 saturated heterocycles. The predicted molar refractivity (Wildman–Crippen MR) is 46.7 cm³/mol. The van der Waals surface area contributed by atoms with E-state index in [1.54, 1.807) is 17.7 Å². The molecule has 2 rings (SSSR count). The number of hydrogen-bond donors (Lipinski definition) is 0. The van der Waals surface area contributed by atoms with Crippen molar-refractivity contribution in [1.29, 1.82) is 0 Å². The molecule has 0 atom stereocenters. The molecule has 0 N–H and O–H groups in total. The second-order valence-electron chi connectivity index (χ2n) is 3.34. The van der Waals surface area contributed by atoms with Crippen LogP contribution in [0, 0.1) is 6.92 Å². The van der Waals surface area contributed by atoms with E-state index in [0.29, 0.717) is 12.4 Å². The lowest BCUT2D eigenvalue weighted by Crippen LogP contribution is -2.16. The van der Waals surface area contributed by atoms with Crippen molar-refractivity contribution in [3.8, 4) is 0 Å². The lowest BCUT2D eigenvalue weighted by molar-refractivity contribution is -0.306. The Morgan fingerprint density at radius 2 is 2.20 bits per heavy atom. The Morgan fingerprint density at radius 3 is 2.87 bits per heavy atom. The van der Waals surface area contributed by atoms with Crippen molar-refractivity contribution < 1.29 is 17.9 Å². The van der Waals surface area contributed by atoms with E-state index in [-0.39, 0.29) is 12.2 Å². The van der Waals surface area contributed by atoms with Crippen molar-refractivity contribution >= 4 is 6.08 Å².